The highest BCUT2D eigenvalue weighted by Gasteiger charge is 2.43. The summed E-state index contributed by atoms with van der Waals surface area (Å²) in [6.07, 6.45) is 7.96. The van der Waals surface area contributed by atoms with Crippen molar-refractivity contribution in [3.05, 3.63) is 91.8 Å². The fourth-order valence-electron chi connectivity index (χ4n) is 5.85. The van der Waals surface area contributed by atoms with Gasteiger partial charge in [-0.25, -0.2) is 22.5 Å². The topological polar surface area (TPSA) is 92.3 Å². The van der Waals surface area contributed by atoms with Crippen molar-refractivity contribution in [2.24, 2.45) is 5.11 Å². The lowest BCUT2D eigenvalue weighted by molar-refractivity contribution is -0.582. The van der Waals surface area contributed by atoms with Gasteiger partial charge < -0.3 is 10.0 Å². The summed E-state index contributed by atoms with van der Waals surface area (Å²) >= 11 is 0. The van der Waals surface area contributed by atoms with Crippen molar-refractivity contribution in [1.29, 1.82) is 0 Å². The number of nitrogens with zero attached hydrogens (tertiary/aromatic N) is 5. The van der Waals surface area contributed by atoms with Crippen LogP contribution in [-0.2, 0) is 0 Å². The summed E-state index contributed by atoms with van der Waals surface area (Å²) in [6, 6.07) is 5.79. The van der Waals surface area contributed by atoms with Crippen LogP contribution in [0.25, 0.3) is 16.0 Å². The first-order chi connectivity index (χ1) is 18.6. The lowest BCUT2D eigenvalue weighted by atomic mass is 9.86. The molecule has 0 radical (unpaired) electrons. The summed E-state index contributed by atoms with van der Waals surface area (Å²) in [5.41, 5.74) is 9.30. The molecular weight excluding hydrogens is 523 g/mol. The molecule has 2 saturated heterocycles. The second-order valence-corrected chi connectivity index (χ2v) is 15.0. The molecule has 1 N–H and O–H groups in total. The molecule has 7 nitrogen and oxygen atoms in total. The van der Waals surface area contributed by atoms with Crippen molar-refractivity contribution in [3.63, 3.8) is 0 Å². The summed E-state index contributed by atoms with van der Waals surface area (Å²) in [7, 11) is -2.45. The van der Waals surface area contributed by atoms with E-state index in [2.05, 4.69) is 44.7 Å². The first kappa shape index (κ1) is 25.2. The van der Waals surface area contributed by atoms with Crippen molar-refractivity contribution in [3.8, 4) is 0 Å². The van der Waals surface area contributed by atoms with Crippen LogP contribution in [0.1, 0.15) is 34.3 Å². The highest BCUT2D eigenvalue weighted by molar-refractivity contribution is 6.98. The fourth-order valence-corrected chi connectivity index (χ4v) is 8.92. The first-order valence-corrected chi connectivity index (χ1v) is 15.8. The number of anilines is 1. The van der Waals surface area contributed by atoms with Crippen molar-refractivity contribution < 1.29 is 27.6 Å². The molecular formula is C28H25F3N5O2Si+. The molecule has 1 aliphatic carbocycles. The Labute approximate surface area is 223 Å². The molecule has 39 heavy (non-hydrogen) atoms. The monoisotopic (exact) mass is 548 g/mol. The number of carboxylic acids is 1. The van der Waals surface area contributed by atoms with Gasteiger partial charge in [0.05, 0.1) is 6.42 Å². The van der Waals surface area contributed by atoms with Gasteiger partial charge in [-0.2, -0.15) is 0 Å². The van der Waals surface area contributed by atoms with Gasteiger partial charge in [0.2, 0.25) is 0 Å². The maximum absolute atomic E-state index is 16.1. The molecule has 0 bridgehead atoms. The Morgan fingerprint density at radius 2 is 1.85 bits per heavy atom. The number of carboxylic acid groups (broad SMARTS) is 1. The smallest absolute Gasteiger partial charge is 0.339 e. The summed E-state index contributed by atoms with van der Waals surface area (Å²) in [5, 5.41) is 14.9. The predicted octanol–water partition coefficient (Wildman–Crippen LogP) is 5.58. The fraction of sp³-hybridized carbons (Fsp3) is 0.286. The van der Waals surface area contributed by atoms with E-state index >= 15 is 8.78 Å². The minimum atomic E-state index is -2.45. The predicted molar refractivity (Wildman–Crippen MR) is 145 cm³/mol. The number of allylic oxidation sites excluding steroid dienone is 5. The maximum atomic E-state index is 16.1. The van der Waals surface area contributed by atoms with Crippen LogP contribution >= 0.6 is 0 Å². The molecule has 2 fully saturated rings. The van der Waals surface area contributed by atoms with E-state index in [4.69, 9.17) is 5.53 Å². The van der Waals surface area contributed by atoms with E-state index in [0.717, 1.165) is 60.8 Å². The van der Waals surface area contributed by atoms with E-state index in [9.17, 15) is 14.3 Å². The average molecular weight is 549 g/mol. The third-order valence-electron chi connectivity index (χ3n) is 8.24. The number of hydrogen-bond donors (Lipinski definition) is 1. The van der Waals surface area contributed by atoms with Gasteiger partial charge >= 0.3 is 5.97 Å². The molecule has 6 rings (SSSR count). The Bertz CT molecular complexity index is 1660. The zero-order valence-electron chi connectivity index (χ0n) is 21.4. The Hall–Kier alpha value is -4.08. The summed E-state index contributed by atoms with van der Waals surface area (Å²) in [5.74, 6) is -6.83. The molecule has 11 heteroatoms. The van der Waals surface area contributed by atoms with Gasteiger partial charge in [0, 0.05) is 41.4 Å². The van der Waals surface area contributed by atoms with Crippen molar-refractivity contribution >= 4 is 41.9 Å². The van der Waals surface area contributed by atoms with Crippen LogP contribution in [-0.4, -0.2) is 55.6 Å². The molecule has 2 aromatic rings. The number of rotatable bonds is 4. The van der Waals surface area contributed by atoms with E-state index in [-0.39, 0.29) is 5.57 Å². The molecule has 0 atom stereocenters. The maximum Gasteiger partial charge on any atom is 0.339 e. The lowest BCUT2D eigenvalue weighted by Crippen LogP contribution is -2.50. The highest BCUT2D eigenvalue weighted by atomic mass is 28.3. The Morgan fingerprint density at radius 1 is 1.10 bits per heavy atom. The molecule has 0 spiro atoms. The largest absolute Gasteiger partial charge is 0.478 e. The second kappa shape index (κ2) is 9.00. The van der Waals surface area contributed by atoms with E-state index < -0.39 is 48.3 Å². The first-order valence-electron chi connectivity index (χ1n) is 12.8. The van der Waals surface area contributed by atoms with Gasteiger partial charge in [-0.1, -0.05) is 24.3 Å². The zero-order chi connectivity index (χ0) is 27.6. The average Bonchev–Trinajstić information content (AvgIpc) is 2.83. The Balaban J connectivity index is 1.74. The van der Waals surface area contributed by atoms with Gasteiger partial charge in [0.1, 0.15) is 38.2 Å². The molecule has 0 amide bonds. The van der Waals surface area contributed by atoms with Crippen LogP contribution in [0.4, 0.5) is 24.5 Å². The molecule has 0 unspecified atom stereocenters. The third-order valence-corrected chi connectivity index (χ3v) is 11.8. The molecule has 0 saturated carbocycles. The van der Waals surface area contributed by atoms with Crippen LogP contribution < -0.4 is 10.1 Å². The van der Waals surface area contributed by atoms with Crippen LogP contribution in [0.15, 0.2) is 52.3 Å². The van der Waals surface area contributed by atoms with E-state index in [1.54, 1.807) is 0 Å². The number of fused-ring (bicyclic) bond motifs is 2. The zero-order valence-corrected chi connectivity index (χ0v) is 22.4. The van der Waals surface area contributed by atoms with Crippen LogP contribution in [0.5, 0.6) is 0 Å². The normalized spacial score (nSPS) is 19.0. The molecule has 3 heterocycles. The highest BCUT2D eigenvalue weighted by Crippen LogP contribution is 2.46. The van der Waals surface area contributed by atoms with Crippen LogP contribution in [0, 0.1) is 17.5 Å². The SMILES string of the molecule is C[Si]1(C)C2=CC(=[N+]3CCC3)C=CC2=C(c2c(F)c(N=[N+]=[N-])c(F)c(F)c2C(=O)O)c2ccc(N3CCC3)cc21. The molecule has 198 valence electrons. The number of benzene rings is 2. The summed E-state index contributed by atoms with van der Waals surface area (Å²) in [4.78, 5) is 17.0. The minimum absolute atomic E-state index is 0.153. The summed E-state index contributed by atoms with van der Waals surface area (Å²) in [6.45, 7) is 8.05. The van der Waals surface area contributed by atoms with Crippen molar-refractivity contribution in [1.82, 2.24) is 0 Å². The number of azide groups is 1. The molecule has 4 aliphatic rings. The molecule has 3 aliphatic heterocycles. The van der Waals surface area contributed by atoms with Gasteiger partial charge in [-0.3, -0.25) is 0 Å². The number of aromatic carboxylic acids is 1. The van der Waals surface area contributed by atoms with Gasteiger partial charge in [-0.05, 0) is 57.3 Å². The third kappa shape index (κ3) is 3.68. The van der Waals surface area contributed by atoms with Gasteiger partial charge in [-0.15, -0.1) is 0 Å². The standard InChI is InChI=1S/C28H24F3N5O2Si/c1-39(2)19-13-15(35-9-3-10-35)5-7-17(19)21(18-8-6-16(14-20(18)39)36-11-4-12-36)22-23(28(37)38)24(29)26(31)27(25(22)30)33-34-32/h5-8,13-14H,3-4,9-12H2,1-2H3/p+1. The molecule has 0 aromatic heterocycles. The Morgan fingerprint density at radius 3 is 2.44 bits per heavy atom. The van der Waals surface area contributed by atoms with Crippen LogP contribution in [0.2, 0.25) is 13.1 Å². The number of halogens is 3. The minimum Gasteiger partial charge on any atom is -0.478 e. The van der Waals surface area contributed by atoms with Crippen molar-refractivity contribution in [2.75, 3.05) is 31.1 Å². The van der Waals surface area contributed by atoms with Crippen molar-refractivity contribution in [2.45, 2.75) is 25.9 Å². The van der Waals surface area contributed by atoms with Crippen LogP contribution in [0.3, 0.4) is 0 Å². The number of carbonyl (C=O) groups is 1. The van der Waals surface area contributed by atoms with E-state index in [0.29, 0.717) is 11.1 Å². The second-order valence-electron chi connectivity index (χ2n) is 10.7. The molecule has 2 aromatic carbocycles. The Kier molecular flexibility index (Phi) is 5.81. The number of hydrogen-bond acceptors (Lipinski definition) is 3. The lowest BCUT2D eigenvalue weighted by Gasteiger charge is -2.40. The van der Waals surface area contributed by atoms with Gasteiger partial charge in [0.25, 0.3) is 0 Å². The summed E-state index contributed by atoms with van der Waals surface area (Å²) < 4.78 is 48.3. The quantitative estimate of drug-likeness (QED) is 0.135. The van der Waals surface area contributed by atoms with E-state index in [1.807, 2.05) is 24.3 Å². The van der Waals surface area contributed by atoms with Gasteiger partial charge in [0.15, 0.2) is 17.3 Å². The van der Waals surface area contributed by atoms with E-state index in [1.165, 1.54) is 0 Å².